The van der Waals surface area contributed by atoms with Crippen LogP contribution in [0, 0.1) is 5.92 Å². The van der Waals surface area contributed by atoms with Gasteiger partial charge in [-0.25, -0.2) is 9.59 Å². The first kappa shape index (κ1) is 27.3. The van der Waals surface area contributed by atoms with E-state index in [4.69, 9.17) is 14.2 Å². The van der Waals surface area contributed by atoms with Crippen LogP contribution in [0.4, 0.5) is 0 Å². The fourth-order valence-electron chi connectivity index (χ4n) is 4.16. The third-order valence-electron chi connectivity index (χ3n) is 5.71. The van der Waals surface area contributed by atoms with Crippen molar-refractivity contribution in [1.82, 2.24) is 4.90 Å². The average Bonchev–Trinajstić information content (AvgIpc) is 3.19. The third kappa shape index (κ3) is 6.66. The van der Waals surface area contributed by atoms with E-state index in [0.717, 1.165) is 4.90 Å². The van der Waals surface area contributed by atoms with Gasteiger partial charge >= 0.3 is 17.9 Å². The molecule has 0 radical (unpaired) electrons. The minimum Gasteiger partial charge on any atom is -0.467 e. The summed E-state index contributed by atoms with van der Waals surface area (Å²) in [7, 11) is 2.58. The quantitative estimate of drug-likeness (QED) is 0.405. The molecule has 3 rings (SSSR count). The Balaban J connectivity index is 1.94. The number of thioether (sulfide) groups is 1. The van der Waals surface area contributed by atoms with Crippen molar-refractivity contribution >= 4 is 35.6 Å². The van der Waals surface area contributed by atoms with Gasteiger partial charge in [-0.05, 0) is 57.2 Å². The molecule has 1 amide bonds. The van der Waals surface area contributed by atoms with Gasteiger partial charge in [-0.15, -0.1) is 11.8 Å². The number of likely N-dealkylation sites (tertiary alicyclic amines) is 1. The minimum atomic E-state index is -0.956. The highest BCUT2D eigenvalue weighted by Crippen LogP contribution is 2.40. The van der Waals surface area contributed by atoms with Crippen LogP contribution in [0.25, 0.3) is 0 Å². The van der Waals surface area contributed by atoms with Crippen LogP contribution in [0.1, 0.15) is 47.9 Å². The average molecular weight is 514 g/mol. The molecule has 9 heteroatoms. The van der Waals surface area contributed by atoms with Gasteiger partial charge in [0.25, 0.3) is 5.91 Å². The number of methoxy groups -OCH3 is 2. The SMILES string of the molecule is COC(=O)c1ccc(SC2CN(C(=O)c3ccccc3)[C@H](C(=O)OC)[C@H]2CC(=O)OC(C)(C)C)cc1. The van der Waals surface area contributed by atoms with Gasteiger partial charge in [-0.3, -0.25) is 9.59 Å². The van der Waals surface area contributed by atoms with Gasteiger partial charge in [-0.1, -0.05) is 18.2 Å². The topological polar surface area (TPSA) is 99.2 Å². The second-order valence-corrected chi connectivity index (χ2v) is 10.7. The first-order valence-electron chi connectivity index (χ1n) is 11.5. The van der Waals surface area contributed by atoms with E-state index in [0.29, 0.717) is 11.1 Å². The largest absolute Gasteiger partial charge is 0.467 e. The number of benzene rings is 2. The lowest BCUT2D eigenvalue weighted by Gasteiger charge is -2.27. The number of carbonyl (C=O) groups excluding carboxylic acids is 4. The van der Waals surface area contributed by atoms with E-state index >= 15 is 0 Å². The van der Waals surface area contributed by atoms with Crippen LogP contribution in [0.15, 0.2) is 59.5 Å². The maximum atomic E-state index is 13.4. The second-order valence-electron chi connectivity index (χ2n) is 9.42. The van der Waals surface area contributed by atoms with Crippen molar-refractivity contribution in [2.45, 2.75) is 49.0 Å². The van der Waals surface area contributed by atoms with Crippen molar-refractivity contribution in [2.24, 2.45) is 5.92 Å². The molecule has 0 spiro atoms. The van der Waals surface area contributed by atoms with E-state index in [1.54, 1.807) is 75.4 Å². The summed E-state index contributed by atoms with van der Waals surface area (Å²) in [6.45, 7) is 5.55. The summed E-state index contributed by atoms with van der Waals surface area (Å²) in [4.78, 5) is 53.3. The molecule has 0 saturated carbocycles. The Morgan fingerprint density at radius 3 is 2.11 bits per heavy atom. The van der Waals surface area contributed by atoms with E-state index in [1.165, 1.54) is 30.9 Å². The molecule has 2 aromatic carbocycles. The molecule has 1 heterocycles. The molecule has 8 nitrogen and oxygen atoms in total. The van der Waals surface area contributed by atoms with Gasteiger partial charge in [0.1, 0.15) is 11.6 Å². The van der Waals surface area contributed by atoms with Gasteiger partial charge in [-0.2, -0.15) is 0 Å². The number of hydrogen-bond acceptors (Lipinski definition) is 8. The van der Waals surface area contributed by atoms with Crippen molar-refractivity contribution in [3.8, 4) is 0 Å². The summed E-state index contributed by atoms with van der Waals surface area (Å²) < 4.78 is 15.4. The van der Waals surface area contributed by atoms with Crippen molar-refractivity contribution < 1.29 is 33.4 Å². The molecule has 1 saturated heterocycles. The highest BCUT2D eigenvalue weighted by atomic mass is 32.2. The summed E-state index contributed by atoms with van der Waals surface area (Å²) >= 11 is 1.43. The van der Waals surface area contributed by atoms with E-state index in [2.05, 4.69) is 0 Å². The Bertz CT molecular complexity index is 1100. The molecule has 2 aromatic rings. The summed E-state index contributed by atoms with van der Waals surface area (Å²) in [6.07, 6.45) is -0.0620. The van der Waals surface area contributed by atoms with Crippen molar-refractivity contribution in [1.29, 1.82) is 0 Å². The van der Waals surface area contributed by atoms with E-state index in [9.17, 15) is 19.2 Å². The van der Waals surface area contributed by atoms with Crippen LogP contribution in [0.5, 0.6) is 0 Å². The fraction of sp³-hybridized carbons (Fsp3) is 0.407. The van der Waals surface area contributed by atoms with Crippen LogP contribution in [0.2, 0.25) is 0 Å². The lowest BCUT2D eigenvalue weighted by atomic mass is 9.95. The maximum Gasteiger partial charge on any atom is 0.337 e. The molecular weight excluding hydrogens is 482 g/mol. The zero-order valence-electron chi connectivity index (χ0n) is 21.1. The molecule has 3 atom stereocenters. The molecule has 0 aromatic heterocycles. The summed E-state index contributed by atoms with van der Waals surface area (Å²) in [5.41, 5.74) is 0.157. The predicted octanol–water partition coefficient (Wildman–Crippen LogP) is 3.98. The number of amides is 1. The van der Waals surface area contributed by atoms with Crippen LogP contribution in [-0.2, 0) is 23.8 Å². The number of carbonyl (C=O) groups is 4. The highest BCUT2D eigenvalue weighted by Gasteiger charge is 2.50. The standard InChI is InChI=1S/C27H31NO7S/c1-27(2,3)35-22(29)15-20-21(36-19-13-11-18(12-14-19)25(31)33-4)16-28(23(20)26(32)34-5)24(30)17-9-7-6-8-10-17/h6-14,20-21,23H,15-16H2,1-5H3/t20-,21?,23-/m0/s1. The number of rotatable bonds is 7. The molecular formula is C27H31NO7S. The van der Waals surface area contributed by atoms with Crippen LogP contribution >= 0.6 is 11.8 Å². The Morgan fingerprint density at radius 1 is 0.917 bits per heavy atom. The van der Waals surface area contributed by atoms with Gasteiger partial charge < -0.3 is 19.1 Å². The first-order chi connectivity index (χ1) is 17.0. The molecule has 36 heavy (non-hydrogen) atoms. The highest BCUT2D eigenvalue weighted by molar-refractivity contribution is 8.00. The normalized spacial score (nSPS) is 19.5. The minimum absolute atomic E-state index is 0.0620. The van der Waals surface area contributed by atoms with Crippen LogP contribution in [0.3, 0.4) is 0 Å². The predicted molar refractivity (Wildman–Crippen MR) is 135 cm³/mol. The van der Waals surface area contributed by atoms with Crippen molar-refractivity contribution in [2.75, 3.05) is 20.8 Å². The van der Waals surface area contributed by atoms with Crippen LogP contribution < -0.4 is 0 Å². The monoisotopic (exact) mass is 513 g/mol. The second kappa shape index (κ2) is 11.6. The summed E-state index contributed by atoms with van der Waals surface area (Å²) in [6, 6.07) is 14.6. The first-order valence-corrected chi connectivity index (χ1v) is 12.4. The van der Waals surface area contributed by atoms with Gasteiger partial charge in [0.15, 0.2) is 0 Å². The molecule has 1 aliphatic rings. The number of nitrogens with zero attached hydrogens (tertiary/aromatic N) is 1. The molecule has 0 aliphatic carbocycles. The fourth-order valence-corrected chi connectivity index (χ4v) is 5.46. The maximum absolute atomic E-state index is 13.4. The van der Waals surface area contributed by atoms with Crippen molar-refractivity contribution in [3.05, 3.63) is 65.7 Å². The molecule has 1 fully saturated rings. The Labute approximate surface area is 215 Å². The van der Waals surface area contributed by atoms with Crippen LogP contribution in [-0.4, -0.2) is 66.4 Å². The lowest BCUT2D eigenvalue weighted by molar-refractivity contribution is -0.157. The zero-order chi connectivity index (χ0) is 26.5. The number of esters is 3. The Hall–Kier alpha value is -3.33. The van der Waals surface area contributed by atoms with E-state index in [-0.39, 0.29) is 24.1 Å². The smallest absolute Gasteiger partial charge is 0.337 e. The number of hydrogen-bond donors (Lipinski definition) is 0. The van der Waals surface area contributed by atoms with E-state index < -0.39 is 35.5 Å². The molecule has 0 N–H and O–H groups in total. The lowest BCUT2D eigenvalue weighted by Crippen LogP contribution is -2.44. The van der Waals surface area contributed by atoms with Crippen molar-refractivity contribution in [3.63, 3.8) is 0 Å². The van der Waals surface area contributed by atoms with Gasteiger partial charge in [0.2, 0.25) is 0 Å². The summed E-state index contributed by atoms with van der Waals surface area (Å²) in [5.74, 6) is -2.35. The van der Waals surface area contributed by atoms with Gasteiger partial charge in [0.05, 0.1) is 26.2 Å². The van der Waals surface area contributed by atoms with E-state index in [1.807, 2.05) is 0 Å². The Kier molecular flexibility index (Phi) is 8.79. The summed E-state index contributed by atoms with van der Waals surface area (Å²) in [5, 5.41) is -0.307. The molecule has 1 unspecified atom stereocenters. The molecule has 0 bridgehead atoms. The zero-order valence-corrected chi connectivity index (χ0v) is 21.9. The molecule has 1 aliphatic heterocycles. The Morgan fingerprint density at radius 2 is 1.56 bits per heavy atom. The number of ether oxygens (including phenoxy) is 3. The van der Waals surface area contributed by atoms with Gasteiger partial charge in [0, 0.05) is 28.2 Å². The molecule has 192 valence electrons. The third-order valence-corrected chi connectivity index (χ3v) is 7.05.